The topological polar surface area (TPSA) is 15.3 Å². The number of nitrogens with zero attached hydrogens (tertiary/aromatic N) is 1. The Labute approximate surface area is 121 Å². The van der Waals surface area contributed by atoms with E-state index >= 15 is 0 Å². The van der Waals surface area contributed by atoms with Crippen LogP contribution in [0.3, 0.4) is 0 Å². The van der Waals surface area contributed by atoms with Crippen molar-refractivity contribution in [3.8, 4) is 0 Å². The second kappa shape index (κ2) is 6.18. The largest absolute Gasteiger partial charge is 0.368 e. The van der Waals surface area contributed by atoms with Crippen molar-refractivity contribution in [1.82, 2.24) is 5.32 Å². The van der Waals surface area contributed by atoms with Gasteiger partial charge in [0.05, 0.1) is 10.2 Å². The van der Waals surface area contributed by atoms with Crippen LogP contribution in [0.4, 0.5) is 14.5 Å². The highest BCUT2D eigenvalue weighted by molar-refractivity contribution is 9.10. The van der Waals surface area contributed by atoms with E-state index in [4.69, 9.17) is 0 Å². The third kappa shape index (κ3) is 3.66. The van der Waals surface area contributed by atoms with Crippen LogP contribution >= 0.6 is 15.9 Å². The fourth-order valence-corrected chi connectivity index (χ4v) is 2.87. The molecule has 0 bridgehead atoms. The van der Waals surface area contributed by atoms with E-state index in [-0.39, 0.29) is 10.3 Å². The summed E-state index contributed by atoms with van der Waals surface area (Å²) in [5.41, 5.74) is 0.357. The van der Waals surface area contributed by atoms with Gasteiger partial charge in [-0.25, -0.2) is 8.78 Å². The summed E-state index contributed by atoms with van der Waals surface area (Å²) in [6.07, 6.45) is 2.07. The third-order valence-electron chi connectivity index (χ3n) is 3.32. The van der Waals surface area contributed by atoms with Crippen LogP contribution in [0.5, 0.6) is 0 Å². The molecular weight excluding hydrogens is 314 g/mol. The van der Waals surface area contributed by atoms with Gasteiger partial charge in [-0.15, -0.1) is 0 Å². The van der Waals surface area contributed by atoms with Gasteiger partial charge in [-0.3, -0.25) is 0 Å². The fraction of sp³-hybridized carbons (Fsp3) is 0.571. The molecule has 0 aliphatic carbocycles. The predicted molar refractivity (Wildman–Crippen MR) is 77.6 cm³/mol. The number of nitrogens with one attached hydrogen (secondary N) is 1. The Morgan fingerprint density at radius 2 is 2.05 bits per heavy atom. The lowest BCUT2D eigenvalue weighted by atomic mass is 10.0. The standard InChI is InChI=1S/C14H19BrF2N2/c1-9(2)18-10-4-3-5-19(8-10)14-7-12(16)11(15)6-13(14)17/h6-7,9-10,18H,3-5,8H2,1-2H3. The molecule has 1 aromatic rings. The Balaban J connectivity index is 2.15. The van der Waals surface area contributed by atoms with Crippen molar-refractivity contribution >= 4 is 21.6 Å². The van der Waals surface area contributed by atoms with Gasteiger partial charge in [-0.1, -0.05) is 13.8 Å². The molecule has 2 nitrogen and oxygen atoms in total. The fourth-order valence-electron chi connectivity index (χ4n) is 2.56. The first-order valence-corrected chi connectivity index (χ1v) is 7.42. The van der Waals surface area contributed by atoms with Crippen molar-refractivity contribution in [2.24, 2.45) is 0 Å². The number of anilines is 1. The Morgan fingerprint density at radius 1 is 1.32 bits per heavy atom. The highest BCUT2D eigenvalue weighted by Gasteiger charge is 2.23. The van der Waals surface area contributed by atoms with E-state index in [1.54, 1.807) is 0 Å². The number of hydrogen-bond acceptors (Lipinski definition) is 2. The van der Waals surface area contributed by atoms with Gasteiger partial charge in [0, 0.05) is 31.2 Å². The summed E-state index contributed by atoms with van der Waals surface area (Å²) in [5.74, 6) is -0.797. The number of piperidine rings is 1. The van der Waals surface area contributed by atoms with Crippen LogP contribution in [0.2, 0.25) is 0 Å². The second-order valence-electron chi connectivity index (χ2n) is 5.32. The Kier molecular flexibility index (Phi) is 4.79. The van der Waals surface area contributed by atoms with Gasteiger partial charge in [0.25, 0.3) is 0 Å². The molecule has 1 heterocycles. The summed E-state index contributed by atoms with van der Waals surface area (Å²) >= 11 is 3.00. The van der Waals surface area contributed by atoms with Crippen molar-refractivity contribution in [2.75, 3.05) is 18.0 Å². The summed E-state index contributed by atoms with van der Waals surface area (Å²) in [7, 11) is 0. The molecule has 1 saturated heterocycles. The maximum absolute atomic E-state index is 13.9. The first kappa shape index (κ1) is 14.7. The lowest BCUT2D eigenvalue weighted by Gasteiger charge is -2.36. The van der Waals surface area contributed by atoms with E-state index in [1.165, 1.54) is 12.1 Å². The van der Waals surface area contributed by atoms with Gasteiger partial charge in [0.15, 0.2) is 0 Å². The smallest absolute Gasteiger partial charge is 0.147 e. The molecule has 1 unspecified atom stereocenters. The summed E-state index contributed by atoms with van der Waals surface area (Å²) in [5, 5.41) is 3.46. The van der Waals surface area contributed by atoms with Crippen molar-refractivity contribution in [2.45, 2.75) is 38.8 Å². The molecule has 1 atom stereocenters. The Bertz CT molecular complexity index is 451. The number of benzene rings is 1. The Hall–Kier alpha value is -0.680. The quantitative estimate of drug-likeness (QED) is 0.849. The summed E-state index contributed by atoms with van der Waals surface area (Å²) in [6.45, 7) is 5.68. The highest BCUT2D eigenvalue weighted by atomic mass is 79.9. The van der Waals surface area contributed by atoms with Crippen LogP contribution in [0.1, 0.15) is 26.7 Å². The minimum atomic E-state index is -0.421. The molecule has 5 heteroatoms. The van der Waals surface area contributed by atoms with E-state index in [2.05, 4.69) is 35.1 Å². The molecule has 0 spiro atoms. The molecule has 0 aromatic heterocycles. The molecule has 1 fully saturated rings. The van der Waals surface area contributed by atoms with Crippen molar-refractivity contribution in [1.29, 1.82) is 0 Å². The Morgan fingerprint density at radius 3 is 2.74 bits per heavy atom. The number of halogens is 3. The maximum atomic E-state index is 13.9. The minimum Gasteiger partial charge on any atom is -0.368 e. The molecule has 106 valence electrons. The van der Waals surface area contributed by atoms with Crippen molar-refractivity contribution in [3.05, 3.63) is 28.2 Å². The molecule has 1 aliphatic heterocycles. The first-order valence-electron chi connectivity index (χ1n) is 6.63. The van der Waals surface area contributed by atoms with E-state index < -0.39 is 5.82 Å². The van der Waals surface area contributed by atoms with Gasteiger partial charge in [0.1, 0.15) is 11.6 Å². The predicted octanol–water partition coefficient (Wildman–Crippen LogP) is 3.69. The first-order chi connectivity index (χ1) is 8.97. The zero-order valence-electron chi connectivity index (χ0n) is 11.2. The monoisotopic (exact) mass is 332 g/mol. The average molecular weight is 333 g/mol. The zero-order valence-corrected chi connectivity index (χ0v) is 12.8. The molecule has 1 aliphatic rings. The van der Waals surface area contributed by atoms with Crippen molar-refractivity contribution < 1.29 is 8.78 Å². The number of hydrogen-bond donors (Lipinski definition) is 1. The van der Waals surface area contributed by atoms with Gasteiger partial charge in [-0.2, -0.15) is 0 Å². The summed E-state index contributed by atoms with van der Waals surface area (Å²) in [6, 6.07) is 3.21. The van der Waals surface area contributed by atoms with E-state index in [0.717, 1.165) is 25.9 Å². The SMILES string of the molecule is CC(C)NC1CCCN(c2cc(F)c(Br)cc2F)C1. The molecule has 19 heavy (non-hydrogen) atoms. The summed E-state index contributed by atoms with van der Waals surface area (Å²) in [4.78, 5) is 1.92. The molecule has 0 amide bonds. The van der Waals surface area contributed by atoms with Crippen LogP contribution in [0.25, 0.3) is 0 Å². The molecule has 1 aromatic carbocycles. The van der Waals surface area contributed by atoms with E-state index in [0.29, 0.717) is 17.8 Å². The average Bonchev–Trinajstić information content (AvgIpc) is 2.33. The van der Waals surface area contributed by atoms with Gasteiger partial charge in [0.2, 0.25) is 0 Å². The van der Waals surface area contributed by atoms with Crippen LogP contribution in [0, 0.1) is 11.6 Å². The number of rotatable bonds is 3. The van der Waals surface area contributed by atoms with Crippen molar-refractivity contribution in [3.63, 3.8) is 0 Å². The second-order valence-corrected chi connectivity index (χ2v) is 6.18. The zero-order chi connectivity index (χ0) is 14.0. The van der Waals surface area contributed by atoms with E-state index in [1.807, 2.05) is 4.90 Å². The highest BCUT2D eigenvalue weighted by Crippen LogP contribution is 2.28. The molecule has 1 N–H and O–H groups in total. The summed E-state index contributed by atoms with van der Waals surface area (Å²) < 4.78 is 27.7. The van der Waals surface area contributed by atoms with Gasteiger partial charge in [-0.05, 0) is 34.8 Å². The van der Waals surface area contributed by atoms with E-state index in [9.17, 15) is 8.78 Å². The van der Waals surface area contributed by atoms with Crippen LogP contribution in [0.15, 0.2) is 16.6 Å². The third-order valence-corrected chi connectivity index (χ3v) is 3.93. The normalized spacial score (nSPS) is 20.1. The van der Waals surface area contributed by atoms with Gasteiger partial charge >= 0.3 is 0 Å². The lowest BCUT2D eigenvalue weighted by Crippen LogP contribution is -2.48. The molecular formula is C14H19BrF2N2. The van der Waals surface area contributed by atoms with Crippen LogP contribution in [-0.4, -0.2) is 25.2 Å². The maximum Gasteiger partial charge on any atom is 0.147 e. The molecule has 2 rings (SSSR count). The van der Waals surface area contributed by atoms with Gasteiger partial charge < -0.3 is 10.2 Å². The van der Waals surface area contributed by atoms with Crippen LogP contribution in [-0.2, 0) is 0 Å². The lowest BCUT2D eigenvalue weighted by molar-refractivity contribution is 0.392. The van der Waals surface area contributed by atoms with Crippen LogP contribution < -0.4 is 10.2 Å². The minimum absolute atomic E-state index is 0.169. The molecule has 0 radical (unpaired) electrons. The molecule has 0 saturated carbocycles.